The molecule has 3 nitrogen and oxygen atoms in total. The van der Waals surface area contributed by atoms with E-state index in [-0.39, 0.29) is 18.2 Å². The minimum atomic E-state index is -0.0353. The second-order valence-electron chi connectivity index (χ2n) is 3.77. The van der Waals surface area contributed by atoms with Crippen LogP contribution in [0.25, 0.3) is 6.20 Å². The molecule has 0 amide bonds. The van der Waals surface area contributed by atoms with Crippen LogP contribution in [-0.2, 0) is 0 Å². The molecule has 1 aromatic heterocycles. The zero-order chi connectivity index (χ0) is 13.0. The Morgan fingerprint density at radius 3 is 2.26 bits per heavy atom. The molecule has 0 aliphatic rings. The van der Waals surface area contributed by atoms with Gasteiger partial charge in [-0.1, -0.05) is 15.9 Å². The van der Waals surface area contributed by atoms with E-state index in [1.54, 1.807) is 47.4 Å². The van der Waals surface area contributed by atoms with Crippen molar-refractivity contribution in [2.75, 3.05) is 5.73 Å². The van der Waals surface area contributed by atoms with Crippen LogP contribution in [0.5, 0.6) is 0 Å². The second kappa shape index (κ2) is 7.07. The summed E-state index contributed by atoms with van der Waals surface area (Å²) in [4.78, 5) is 11.9. The number of nitrogens with zero attached hydrogens (tertiary/aromatic N) is 1. The number of allylic oxidation sites excluding steroid dienone is 1. The molecule has 2 aromatic rings. The Morgan fingerprint density at radius 1 is 1.11 bits per heavy atom. The number of nitrogens with two attached hydrogens (primary N) is 1. The number of carbonyl (C=O) groups is 1. The zero-order valence-corrected chi connectivity index (χ0v) is 12.3. The topological polar surface area (TPSA) is 47.0 Å². The molecule has 2 rings (SSSR count). The number of hydrogen-bond donors (Lipinski definition) is 1. The van der Waals surface area contributed by atoms with Gasteiger partial charge in [0.05, 0.1) is 6.08 Å². The molecule has 0 atom stereocenters. The van der Waals surface area contributed by atoms with Gasteiger partial charge in [0.15, 0.2) is 24.4 Å². The first-order valence-electron chi connectivity index (χ1n) is 5.39. The Kier molecular flexibility index (Phi) is 5.73. The van der Waals surface area contributed by atoms with Gasteiger partial charge in [0.25, 0.3) is 0 Å². The maximum atomic E-state index is 11.9. The summed E-state index contributed by atoms with van der Waals surface area (Å²) in [6, 6.07) is 10.8. The molecule has 0 spiro atoms. The monoisotopic (exact) mass is 338 g/mol. The van der Waals surface area contributed by atoms with E-state index in [1.165, 1.54) is 6.08 Å². The molecule has 1 heterocycles. The Labute approximate surface area is 126 Å². The van der Waals surface area contributed by atoms with Crippen LogP contribution in [0, 0.1) is 0 Å². The molecule has 1 aromatic carbocycles. The number of hydrogen-bond acceptors (Lipinski definition) is 2. The summed E-state index contributed by atoms with van der Waals surface area (Å²) < 4.78 is 2.73. The van der Waals surface area contributed by atoms with Crippen molar-refractivity contribution in [3.8, 4) is 0 Å². The van der Waals surface area contributed by atoms with Gasteiger partial charge in [-0.2, -0.15) is 4.57 Å². The lowest BCUT2D eigenvalue weighted by Crippen LogP contribution is -3.00. The maximum absolute atomic E-state index is 11.9. The van der Waals surface area contributed by atoms with Gasteiger partial charge in [0, 0.05) is 27.9 Å². The lowest BCUT2D eigenvalue weighted by atomic mass is 10.1. The first-order valence-corrected chi connectivity index (χ1v) is 6.19. The van der Waals surface area contributed by atoms with E-state index in [0.29, 0.717) is 11.3 Å². The first kappa shape index (κ1) is 15.4. The fraction of sp³-hybridized carbons (Fsp3) is 0. The number of nitrogen functional groups attached to an aromatic ring is 1. The Balaban J connectivity index is 0.00000180. The molecule has 2 N–H and O–H groups in total. The third-order valence-corrected chi connectivity index (χ3v) is 2.93. The van der Waals surface area contributed by atoms with Crippen LogP contribution in [0.2, 0.25) is 0 Å². The van der Waals surface area contributed by atoms with Gasteiger partial charge in [-0.25, -0.2) is 0 Å². The lowest BCUT2D eigenvalue weighted by molar-refractivity contribution is -0.568. The van der Waals surface area contributed by atoms with E-state index in [9.17, 15) is 4.79 Å². The number of aromatic nitrogens is 1. The van der Waals surface area contributed by atoms with Crippen molar-refractivity contribution in [1.29, 1.82) is 0 Å². The molecule has 0 aliphatic heterocycles. The van der Waals surface area contributed by atoms with E-state index >= 15 is 0 Å². The molecular formula is C14H12BrClN2O. The molecular weight excluding hydrogens is 328 g/mol. The van der Waals surface area contributed by atoms with Crippen molar-refractivity contribution in [1.82, 2.24) is 0 Å². The number of halogens is 2. The maximum Gasteiger partial charge on any atom is 0.191 e. The molecule has 0 radical (unpaired) electrons. The average molecular weight is 340 g/mol. The van der Waals surface area contributed by atoms with Crippen LogP contribution in [0.1, 0.15) is 10.4 Å². The molecule has 0 saturated carbocycles. The summed E-state index contributed by atoms with van der Waals surface area (Å²) in [5, 5.41) is 0. The quantitative estimate of drug-likeness (QED) is 0.473. The van der Waals surface area contributed by atoms with Crippen LogP contribution in [-0.4, -0.2) is 5.78 Å². The van der Waals surface area contributed by atoms with Gasteiger partial charge >= 0.3 is 0 Å². The van der Waals surface area contributed by atoms with Gasteiger partial charge in [-0.05, 0) is 24.3 Å². The molecule has 5 heteroatoms. The number of carbonyl (C=O) groups excluding carboxylic acids is 1. The summed E-state index contributed by atoms with van der Waals surface area (Å²) in [5.74, 6) is -0.0353. The second-order valence-corrected chi connectivity index (χ2v) is 4.68. The highest BCUT2D eigenvalue weighted by Gasteiger charge is 2.02. The Morgan fingerprint density at radius 2 is 1.68 bits per heavy atom. The van der Waals surface area contributed by atoms with Crippen LogP contribution >= 0.6 is 15.9 Å². The molecule has 0 bridgehead atoms. The molecule has 0 saturated heterocycles. The summed E-state index contributed by atoms with van der Waals surface area (Å²) in [6.07, 6.45) is 6.81. The van der Waals surface area contributed by atoms with Crippen LogP contribution in [0.15, 0.2) is 59.3 Å². The number of rotatable bonds is 3. The van der Waals surface area contributed by atoms with Crippen molar-refractivity contribution in [3.63, 3.8) is 0 Å². The minimum Gasteiger partial charge on any atom is -1.00 e. The van der Waals surface area contributed by atoms with Crippen LogP contribution in [0.4, 0.5) is 5.69 Å². The summed E-state index contributed by atoms with van der Waals surface area (Å²) in [6.45, 7) is 0. The van der Waals surface area contributed by atoms with E-state index in [4.69, 9.17) is 5.73 Å². The summed E-state index contributed by atoms with van der Waals surface area (Å²) in [5.41, 5.74) is 6.93. The molecule has 0 unspecified atom stereocenters. The normalized spacial score (nSPS) is 10.2. The Bertz CT molecular complexity index is 579. The largest absolute Gasteiger partial charge is 1.00 e. The standard InChI is InChI=1S/C14H11BrN2O.ClH/c15-12-3-1-11(2-4-12)14(18)7-10-17-8-5-13(16)6-9-17;/h1-10,16H;1H. The van der Waals surface area contributed by atoms with Gasteiger partial charge in [-0.3, -0.25) is 4.79 Å². The van der Waals surface area contributed by atoms with Gasteiger partial charge in [-0.15, -0.1) is 0 Å². The fourth-order valence-corrected chi connectivity index (χ4v) is 1.68. The van der Waals surface area contributed by atoms with E-state index in [2.05, 4.69) is 15.9 Å². The number of anilines is 1. The molecule has 98 valence electrons. The van der Waals surface area contributed by atoms with Gasteiger partial charge < -0.3 is 18.1 Å². The molecule has 0 aliphatic carbocycles. The Hall–Kier alpha value is -1.65. The van der Waals surface area contributed by atoms with E-state index in [0.717, 1.165) is 4.47 Å². The number of pyridine rings is 1. The van der Waals surface area contributed by atoms with Crippen LogP contribution in [0.3, 0.4) is 0 Å². The lowest BCUT2D eigenvalue weighted by Gasteiger charge is -1.94. The fourth-order valence-electron chi connectivity index (χ4n) is 1.41. The number of ketones is 1. The smallest absolute Gasteiger partial charge is 0.191 e. The number of benzene rings is 1. The van der Waals surface area contributed by atoms with Crippen molar-refractivity contribution in [2.45, 2.75) is 0 Å². The third kappa shape index (κ3) is 4.50. The van der Waals surface area contributed by atoms with Gasteiger partial charge in [0.1, 0.15) is 0 Å². The predicted octanol–water partition coefficient (Wildman–Crippen LogP) is -0.324. The van der Waals surface area contributed by atoms with Crippen molar-refractivity contribution in [3.05, 3.63) is 64.9 Å². The first-order chi connectivity index (χ1) is 8.65. The van der Waals surface area contributed by atoms with Crippen molar-refractivity contribution < 1.29 is 21.8 Å². The van der Waals surface area contributed by atoms with Gasteiger partial charge in [0.2, 0.25) is 0 Å². The zero-order valence-electron chi connectivity index (χ0n) is 9.96. The highest BCUT2D eigenvalue weighted by atomic mass is 79.9. The summed E-state index contributed by atoms with van der Waals surface area (Å²) in [7, 11) is 0. The average Bonchev–Trinajstić information content (AvgIpc) is 2.38. The van der Waals surface area contributed by atoms with E-state index < -0.39 is 0 Å². The van der Waals surface area contributed by atoms with Crippen molar-refractivity contribution in [2.24, 2.45) is 0 Å². The highest BCUT2D eigenvalue weighted by Crippen LogP contribution is 2.11. The van der Waals surface area contributed by atoms with E-state index in [1.807, 2.05) is 12.1 Å². The molecule has 0 fully saturated rings. The third-order valence-electron chi connectivity index (χ3n) is 2.41. The molecule has 19 heavy (non-hydrogen) atoms. The van der Waals surface area contributed by atoms with Crippen LogP contribution < -0.4 is 22.7 Å². The summed E-state index contributed by atoms with van der Waals surface area (Å²) >= 11 is 3.33. The highest BCUT2D eigenvalue weighted by molar-refractivity contribution is 9.10. The SMILES string of the molecule is Nc1cc[n+](C=CC(=O)c2ccc(Br)cc2)cc1.[Cl-]. The predicted molar refractivity (Wildman–Crippen MR) is 74.9 cm³/mol. The van der Waals surface area contributed by atoms with Crippen molar-refractivity contribution >= 4 is 33.6 Å². The minimum absolute atomic E-state index is 0.